The first-order valence-electron chi connectivity index (χ1n) is 10.6. The number of rotatable bonds is 6. The van der Waals surface area contributed by atoms with Crippen molar-refractivity contribution in [2.24, 2.45) is 0 Å². The van der Waals surface area contributed by atoms with Crippen LogP contribution in [0.5, 0.6) is 0 Å². The number of aryl methyl sites for hydroxylation is 1. The van der Waals surface area contributed by atoms with E-state index in [1.54, 1.807) is 23.1 Å². The van der Waals surface area contributed by atoms with Gasteiger partial charge in [0.2, 0.25) is 5.91 Å². The molecule has 1 amide bonds. The van der Waals surface area contributed by atoms with Crippen LogP contribution in [0.2, 0.25) is 0 Å². The number of hydrogen-bond acceptors (Lipinski definition) is 4. The highest BCUT2D eigenvalue weighted by Gasteiger charge is 2.33. The monoisotopic (exact) mass is 447 g/mol. The van der Waals surface area contributed by atoms with Crippen molar-refractivity contribution < 1.29 is 9.18 Å². The Morgan fingerprint density at radius 1 is 1.19 bits per heavy atom. The molecule has 2 aromatic carbocycles. The van der Waals surface area contributed by atoms with Crippen molar-refractivity contribution in [3.63, 3.8) is 0 Å². The van der Waals surface area contributed by atoms with E-state index in [1.165, 1.54) is 28.3 Å². The fraction of sp³-hybridized carbons (Fsp3) is 0.240. The number of carbonyl (C=O) groups is 1. The summed E-state index contributed by atoms with van der Waals surface area (Å²) in [4.78, 5) is 33.2. The number of amides is 1. The van der Waals surface area contributed by atoms with Crippen molar-refractivity contribution >= 4 is 27.5 Å². The molecule has 5 rings (SSSR count). The molecule has 1 aliphatic carbocycles. The zero-order valence-electron chi connectivity index (χ0n) is 17.6. The van der Waals surface area contributed by atoms with Crippen molar-refractivity contribution in [2.45, 2.75) is 38.9 Å². The minimum Gasteiger partial charge on any atom is -0.334 e. The fourth-order valence-electron chi connectivity index (χ4n) is 3.88. The van der Waals surface area contributed by atoms with E-state index in [1.807, 2.05) is 36.6 Å². The molecule has 0 aliphatic heterocycles. The van der Waals surface area contributed by atoms with Gasteiger partial charge in [-0.2, -0.15) is 0 Å². The molecule has 7 heteroatoms. The maximum Gasteiger partial charge on any atom is 0.263 e. The van der Waals surface area contributed by atoms with E-state index in [-0.39, 0.29) is 36.4 Å². The quantitative estimate of drug-likeness (QED) is 0.428. The molecule has 0 spiro atoms. The van der Waals surface area contributed by atoms with Gasteiger partial charge < -0.3 is 4.90 Å². The van der Waals surface area contributed by atoms with Crippen LogP contribution in [0.1, 0.15) is 24.0 Å². The molecule has 0 unspecified atom stereocenters. The molecule has 0 atom stereocenters. The lowest BCUT2D eigenvalue weighted by molar-refractivity contribution is -0.133. The lowest BCUT2D eigenvalue weighted by atomic mass is 10.1. The van der Waals surface area contributed by atoms with Crippen LogP contribution in [-0.4, -0.2) is 26.4 Å². The summed E-state index contributed by atoms with van der Waals surface area (Å²) in [6, 6.07) is 14.6. The van der Waals surface area contributed by atoms with Crippen LogP contribution in [0.3, 0.4) is 0 Å². The van der Waals surface area contributed by atoms with Gasteiger partial charge >= 0.3 is 0 Å². The van der Waals surface area contributed by atoms with E-state index in [2.05, 4.69) is 4.98 Å². The molecule has 1 fully saturated rings. The highest BCUT2D eigenvalue weighted by molar-refractivity contribution is 7.17. The average molecular weight is 448 g/mol. The molecule has 32 heavy (non-hydrogen) atoms. The maximum atomic E-state index is 14.2. The van der Waals surface area contributed by atoms with Crippen LogP contribution >= 0.6 is 11.3 Å². The summed E-state index contributed by atoms with van der Waals surface area (Å²) in [7, 11) is 0. The van der Waals surface area contributed by atoms with Gasteiger partial charge in [0, 0.05) is 29.1 Å². The molecular weight excluding hydrogens is 425 g/mol. The fourth-order valence-corrected chi connectivity index (χ4v) is 4.79. The average Bonchev–Trinajstić information content (AvgIpc) is 3.53. The molecule has 4 aromatic rings. The summed E-state index contributed by atoms with van der Waals surface area (Å²) < 4.78 is 15.5. The first-order valence-corrected chi connectivity index (χ1v) is 11.5. The number of carbonyl (C=O) groups excluding carboxylic acids is 1. The Morgan fingerprint density at radius 3 is 2.66 bits per heavy atom. The SMILES string of the molecule is Cc1ccc(-c2csc3ncn(CC(=O)N(Cc4ccccc4F)C4CC4)c(=O)c23)cc1. The number of hydrogen-bond donors (Lipinski definition) is 0. The van der Waals surface area contributed by atoms with Crippen LogP contribution in [-0.2, 0) is 17.9 Å². The van der Waals surface area contributed by atoms with Gasteiger partial charge in [-0.3, -0.25) is 14.2 Å². The molecule has 2 aromatic heterocycles. The van der Waals surface area contributed by atoms with Crippen molar-refractivity contribution in [1.82, 2.24) is 14.5 Å². The van der Waals surface area contributed by atoms with Crippen LogP contribution < -0.4 is 5.56 Å². The standard InChI is InChI=1S/C25H22FN3O2S/c1-16-6-8-17(9-7-16)20-14-32-24-23(20)25(31)28(15-27-24)13-22(30)29(19-10-11-19)12-18-4-2-3-5-21(18)26/h2-9,14-15,19H,10-13H2,1H3. The van der Waals surface area contributed by atoms with Gasteiger partial charge in [-0.25, -0.2) is 9.37 Å². The molecule has 0 N–H and O–H groups in total. The summed E-state index contributed by atoms with van der Waals surface area (Å²) in [6.07, 6.45) is 3.23. The van der Waals surface area contributed by atoms with Gasteiger partial charge in [0.05, 0.1) is 11.7 Å². The van der Waals surface area contributed by atoms with E-state index in [0.29, 0.717) is 15.8 Å². The first-order chi connectivity index (χ1) is 15.5. The number of nitrogens with zero attached hydrogens (tertiary/aromatic N) is 3. The van der Waals surface area contributed by atoms with Crippen LogP contribution in [0, 0.1) is 12.7 Å². The molecule has 0 saturated heterocycles. The van der Waals surface area contributed by atoms with E-state index >= 15 is 0 Å². The number of thiophene rings is 1. The van der Waals surface area contributed by atoms with Gasteiger partial charge in [0.1, 0.15) is 17.2 Å². The number of fused-ring (bicyclic) bond motifs is 1. The number of benzene rings is 2. The maximum absolute atomic E-state index is 14.2. The minimum atomic E-state index is -0.327. The summed E-state index contributed by atoms with van der Waals surface area (Å²) in [6.45, 7) is 2.10. The minimum absolute atomic E-state index is 0.0961. The molecule has 0 radical (unpaired) electrons. The molecule has 1 saturated carbocycles. The first kappa shape index (κ1) is 20.6. The Morgan fingerprint density at radius 2 is 1.94 bits per heavy atom. The van der Waals surface area contributed by atoms with Crippen molar-refractivity contribution in [3.8, 4) is 11.1 Å². The Balaban J connectivity index is 1.45. The second kappa shape index (κ2) is 8.31. The molecule has 2 heterocycles. The van der Waals surface area contributed by atoms with Crippen molar-refractivity contribution in [3.05, 3.63) is 87.5 Å². The Hall–Kier alpha value is -3.32. The zero-order valence-corrected chi connectivity index (χ0v) is 18.4. The predicted molar refractivity (Wildman–Crippen MR) is 124 cm³/mol. The zero-order chi connectivity index (χ0) is 22.2. The lowest BCUT2D eigenvalue weighted by Crippen LogP contribution is -2.37. The lowest BCUT2D eigenvalue weighted by Gasteiger charge is -2.23. The predicted octanol–water partition coefficient (Wildman–Crippen LogP) is 4.76. The number of aromatic nitrogens is 2. The van der Waals surface area contributed by atoms with Crippen LogP contribution in [0.15, 0.2) is 65.0 Å². The van der Waals surface area contributed by atoms with Gasteiger partial charge in [-0.1, -0.05) is 48.0 Å². The molecule has 5 nitrogen and oxygen atoms in total. The Bertz CT molecular complexity index is 1360. The third kappa shape index (κ3) is 3.96. The Kier molecular flexibility index (Phi) is 5.35. The summed E-state index contributed by atoms with van der Waals surface area (Å²) in [5.74, 6) is -0.529. The Labute approximate surface area is 188 Å². The van der Waals surface area contributed by atoms with Crippen LogP contribution in [0.25, 0.3) is 21.3 Å². The van der Waals surface area contributed by atoms with Gasteiger partial charge in [-0.05, 0) is 31.4 Å². The molecule has 1 aliphatic rings. The normalized spacial score (nSPS) is 13.4. The van der Waals surface area contributed by atoms with Crippen LogP contribution in [0.4, 0.5) is 4.39 Å². The molecule has 162 valence electrons. The van der Waals surface area contributed by atoms with Gasteiger partial charge in [-0.15, -0.1) is 11.3 Å². The number of halogens is 1. The summed E-state index contributed by atoms with van der Waals surface area (Å²) in [5, 5.41) is 2.46. The smallest absolute Gasteiger partial charge is 0.263 e. The van der Waals surface area contributed by atoms with E-state index in [0.717, 1.165) is 29.5 Å². The summed E-state index contributed by atoms with van der Waals surface area (Å²) >= 11 is 1.42. The van der Waals surface area contributed by atoms with Gasteiger partial charge in [0.25, 0.3) is 5.56 Å². The third-order valence-electron chi connectivity index (χ3n) is 5.84. The van der Waals surface area contributed by atoms with E-state index < -0.39 is 0 Å². The molecule has 0 bridgehead atoms. The van der Waals surface area contributed by atoms with E-state index in [4.69, 9.17) is 0 Å². The largest absolute Gasteiger partial charge is 0.334 e. The van der Waals surface area contributed by atoms with Crippen molar-refractivity contribution in [1.29, 1.82) is 0 Å². The van der Waals surface area contributed by atoms with E-state index in [9.17, 15) is 14.0 Å². The third-order valence-corrected chi connectivity index (χ3v) is 6.72. The second-order valence-electron chi connectivity index (χ2n) is 8.22. The summed E-state index contributed by atoms with van der Waals surface area (Å²) in [5.41, 5.74) is 3.16. The van der Waals surface area contributed by atoms with Gasteiger partial charge in [0.15, 0.2) is 0 Å². The second-order valence-corrected chi connectivity index (χ2v) is 9.08. The molecular formula is C25H22FN3O2S. The highest BCUT2D eigenvalue weighted by Crippen LogP contribution is 2.31. The van der Waals surface area contributed by atoms with Crippen molar-refractivity contribution in [2.75, 3.05) is 0 Å². The highest BCUT2D eigenvalue weighted by atomic mass is 32.1. The topological polar surface area (TPSA) is 55.2 Å².